The Balaban J connectivity index is 0.00000320. The molecule has 0 aromatic carbocycles. The van der Waals surface area contributed by atoms with Crippen LogP contribution < -0.4 is 17.0 Å². The van der Waals surface area contributed by atoms with Gasteiger partial charge in [0.25, 0.3) is 0 Å². The van der Waals surface area contributed by atoms with Gasteiger partial charge in [-0.3, -0.25) is 0 Å². The molecule has 0 radical (unpaired) electrons. The maximum atomic E-state index is 12.9. The van der Waals surface area contributed by atoms with E-state index in [-0.39, 0.29) is 59.6 Å². The lowest BCUT2D eigenvalue weighted by Gasteiger charge is -2.65. The molecule has 0 aromatic rings. The van der Waals surface area contributed by atoms with Crippen LogP contribution in [0.3, 0.4) is 0 Å². The molecule has 8 atom stereocenters. The van der Waals surface area contributed by atoms with Crippen LogP contribution in [-0.4, -0.2) is 84.5 Å². The molecule has 0 spiro atoms. The van der Waals surface area contributed by atoms with Crippen LogP contribution in [0.15, 0.2) is 11.6 Å². The number of halogens is 1. The highest BCUT2D eigenvalue weighted by atomic mass is 79.9. The van der Waals surface area contributed by atoms with E-state index in [9.17, 15) is 24.6 Å². The topological polar surface area (TPSA) is 110 Å². The highest BCUT2D eigenvalue weighted by Gasteiger charge is 2.71. The minimum atomic E-state index is -1.24. The molecular weight excluding hydrogens is 542 g/mol. The van der Waals surface area contributed by atoms with E-state index in [0.717, 1.165) is 31.1 Å². The van der Waals surface area contributed by atoms with Crippen molar-refractivity contribution in [1.29, 1.82) is 0 Å². The fourth-order valence-electron chi connectivity index (χ4n) is 9.03. The minimum Gasteiger partial charge on any atom is -1.00 e. The largest absolute Gasteiger partial charge is 1.00 e. The summed E-state index contributed by atoms with van der Waals surface area (Å²) in [6.07, 6.45) is 7.36. The molecule has 1 aliphatic heterocycles. The Labute approximate surface area is 230 Å². The summed E-state index contributed by atoms with van der Waals surface area (Å²) >= 11 is 0. The molecule has 37 heavy (non-hydrogen) atoms. The second-order valence-corrected chi connectivity index (χ2v) is 13.5. The summed E-state index contributed by atoms with van der Waals surface area (Å²) in [5.74, 6) is -0.725. The number of hydrogen-bond donors (Lipinski definition) is 2. The fourth-order valence-corrected chi connectivity index (χ4v) is 9.03. The van der Waals surface area contributed by atoms with Gasteiger partial charge in [0.2, 0.25) is 0 Å². The second-order valence-electron chi connectivity index (χ2n) is 13.5. The Kier molecular flexibility index (Phi) is 7.31. The summed E-state index contributed by atoms with van der Waals surface area (Å²) in [6, 6.07) is 0. The van der Waals surface area contributed by atoms with Crippen LogP contribution in [0.1, 0.15) is 64.7 Å². The maximum absolute atomic E-state index is 12.9. The summed E-state index contributed by atoms with van der Waals surface area (Å²) in [7, 11) is 5.78. The second kappa shape index (κ2) is 9.42. The summed E-state index contributed by atoms with van der Waals surface area (Å²) < 4.78 is 11.4. The van der Waals surface area contributed by atoms with Crippen LogP contribution >= 0.6 is 0 Å². The molecule has 5 rings (SSSR count). The predicted octanol–water partition coefficient (Wildman–Crippen LogP) is -0.841. The quantitative estimate of drug-likeness (QED) is 0.247. The predicted molar refractivity (Wildman–Crippen MR) is 130 cm³/mol. The number of likely N-dealkylation sites (N-methyl/N-ethyl adjacent to an activating group) is 1. The molecule has 8 nitrogen and oxygen atoms in total. The molecule has 9 heteroatoms. The minimum absolute atomic E-state index is 0. The number of cyclic esters (lactones) is 1. The maximum Gasteiger partial charge on any atom is 0.362 e. The van der Waals surface area contributed by atoms with Gasteiger partial charge in [-0.25, -0.2) is 9.59 Å². The van der Waals surface area contributed by atoms with Crippen molar-refractivity contribution in [1.82, 2.24) is 0 Å². The first-order chi connectivity index (χ1) is 16.8. The average Bonchev–Trinajstić information content (AvgIpc) is 3.31. The number of aliphatic hydroxyl groups is 2. The van der Waals surface area contributed by atoms with Crippen molar-refractivity contribution >= 4 is 18.2 Å². The number of carbonyl (C=O) groups excluding carboxylic acids is 3. The van der Waals surface area contributed by atoms with Crippen molar-refractivity contribution in [3.05, 3.63) is 11.6 Å². The van der Waals surface area contributed by atoms with Crippen molar-refractivity contribution in [2.45, 2.75) is 82.0 Å². The Hall–Kier alpha value is -1.29. The van der Waals surface area contributed by atoms with Gasteiger partial charge in [0.05, 0.1) is 37.8 Å². The van der Waals surface area contributed by atoms with E-state index in [1.807, 2.05) is 21.1 Å². The van der Waals surface area contributed by atoms with Gasteiger partial charge < -0.3 is 45.9 Å². The third-order valence-corrected chi connectivity index (χ3v) is 10.7. The number of rotatable bonds is 5. The van der Waals surface area contributed by atoms with E-state index >= 15 is 0 Å². The summed E-state index contributed by atoms with van der Waals surface area (Å²) in [4.78, 5) is 37.1. The van der Waals surface area contributed by atoms with Crippen molar-refractivity contribution < 1.29 is 55.5 Å². The van der Waals surface area contributed by atoms with Crippen LogP contribution in [0.4, 0.5) is 0 Å². The highest BCUT2D eigenvalue weighted by molar-refractivity contribution is 5.85. The van der Waals surface area contributed by atoms with Gasteiger partial charge in [-0.05, 0) is 74.7 Å². The van der Waals surface area contributed by atoms with E-state index in [4.69, 9.17) is 9.47 Å². The van der Waals surface area contributed by atoms with Crippen LogP contribution in [-0.2, 0) is 23.9 Å². The zero-order valence-corrected chi connectivity index (χ0v) is 24.1. The van der Waals surface area contributed by atoms with Gasteiger partial charge in [0.1, 0.15) is 19.0 Å². The SMILES string of the molecule is C[C@]12CCC3C(CC[C@]4(O)C[C@@H](OC(=O)C[N+](C)(C)C)CC[C@]34C=O)[C@@]1(O)CC[C@@H]2C1=CC(=O)OC1.[Br-]. The van der Waals surface area contributed by atoms with Gasteiger partial charge in [-0.15, -0.1) is 0 Å². The van der Waals surface area contributed by atoms with Gasteiger partial charge in [-0.1, -0.05) is 6.92 Å². The Morgan fingerprint density at radius 3 is 2.43 bits per heavy atom. The number of aldehydes is 1. The molecule has 2 unspecified atom stereocenters. The molecule has 5 aliphatic rings. The zero-order valence-electron chi connectivity index (χ0n) is 22.5. The van der Waals surface area contributed by atoms with Crippen LogP contribution in [0.2, 0.25) is 0 Å². The molecule has 4 aliphatic carbocycles. The van der Waals surface area contributed by atoms with Crippen LogP contribution in [0, 0.1) is 28.6 Å². The lowest BCUT2D eigenvalue weighted by Crippen LogP contribution is -3.00. The Bertz CT molecular complexity index is 994. The number of hydrogen-bond acceptors (Lipinski definition) is 7. The van der Waals surface area contributed by atoms with E-state index < -0.39 is 28.1 Å². The fraction of sp³-hybridized carbons (Fsp3) is 0.821. The standard InChI is InChI=1S/C28H42NO7.BrH/c1-25-9-6-21-22(28(25,34)12-8-20(25)18-13-23(31)35-16-18)7-11-27(33)14-19(5-10-26(21,27)17-30)36-24(32)15-29(2,3)4;/h13,17,19-22,33-34H,5-12,14-16H2,1-4H3;1H/q+1;/p-1/t19-,20+,21?,22?,25+,26-,27-,28-;/m0./s1. The summed E-state index contributed by atoms with van der Waals surface area (Å²) in [5.41, 5.74) is -2.57. The molecule has 208 valence electrons. The number of carbonyl (C=O) groups is 3. The van der Waals surface area contributed by atoms with Crippen molar-refractivity contribution in [2.24, 2.45) is 28.6 Å². The Morgan fingerprint density at radius 1 is 1.11 bits per heavy atom. The number of quaternary nitrogens is 1. The first-order valence-corrected chi connectivity index (χ1v) is 13.6. The molecule has 0 aromatic heterocycles. The van der Waals surface area contributed by atoms with Gasteiger partial charge in [0, 0.05) is 17.9 Å². The molecule has 0 amide bonds. The van der Waals surface area contributed by atoms with Gasteiger partial charge in [-0.2, -0.15) is 0 Å². The number of nitrogens with zero attached hydrogens (tertiary/aromatic N) is 1. The zero-order chi connectivity index (χ0) is 26.1. The van der Waals surface area contributed by atoms with Crippen molar-refractivity contribution in [3.63, 3.8) is 0 Å². The molecule has 2 N–H and O–H groups in total. The van der Waals surface area contributed by atoms with Gasteiger partial charge in [0.15, 0.2) is 6.54 Å². The number of fused-ring (bicyclic) bond motifs is 5. The number of esters is 2. The molecule has 0 bridgehead atoms. The molecule has 4 fully saturated rings. The lowest BCUT2D eigenvalue weighted by atomic mass is 9.41. The Morgan fingerprint density at radius 2 is 1.81 bits per heavy atom. The van der Waals surface area contributed by atoms with Crippen LogP contribution in [0.5, 0.6) is 0 Å². The summed E-state index contributed by atoms with van der Waals surface area (Å²) in [6.45, 7) is 2.69. The van der Waals surface area contributed by atoms with Crippen LogP contribution in [0.25, 0.3) is 0 Å². The van der Waals surface area contributed by atoms with Crippen molar-refractivity contribution in [2.75, 3.05) is 34.3 Å². The van der Waals surface area contributed by atoms with E-state index in [2.05, 4.69) is 6.92 Å². The smallest absolute Gasteiger partial charge is 0.362 e. The molecule has 1 heterocycles. The third-order valence-electron chi connectivity index (χ3n) is 10.7. The molecule has 4 saturated carbocycles. The van der Waals surface area contributed by atoms with E-state index in [1.165, 1.54) is 0 Å². The monoisotopic (exact) mass is 583 g/mol. The highest BCUT2D eigenvalue weighted by Crippen LogP contribution is 2.70. The molecular formula is C28H42BrNO7. The lowest BCUT2D eigenvalue weighted by molar-refractivity contribution is -0.862. The van der Waals surface area contributed by atoms with Gasteiger partial charge >= 0.3 is 11.9 Å². The van der Waals surface area contributed by atoms with E-state index in [1.54, 1.807) is 6.08 Å². The average molecular weight is 585 g/mol. The van der Waals surface area contributed by atoms with E-state index in [0.29, 0.717) is 43.2 Å². The first-order valence-electron chi connectivity index (χ1n) is 13.6. The number of ether oxygens (including phenoxy) is 2. The van der Waals surface area contributed by atoms with Crippen molar-refractivity contribution in [3.8, 4) is 0 Å². The first kappa shape index (κ1) is 28.7. The normalized spacial score (nSPS) is 44.9. The molecule has 0 saturated heterocycles. The summed E-state index contributed by atoms with van der Waals surface area (Å²) in [5, 5.41) is 24.3. The third kappa shape index (κ3) is 4.32.